The van der Waals surface area contributed by atoms with E-state index in [0.29, 0.717) is 6.42 Å². The molecule has 0 aliphatic rings. The lowest BCUT2D eigenvalue weighted by molar-refractivity contribution is -0.144. The summed E-state index contributed by atoms with van der Waals surface area (Å²) in [6.45, 7) is 7.36. The van der Waals surface area contributed by atoms with E-state index in [1.807, 2.05) is 13.0 Å². The fourth-order valence-corrected chi connectivity index (χ4v) is 1.76. The average molecular weight is 294 g/mol. The summed E-state index contributed by atoms with van der Waals surface area (Å²) in [5, 5.41) is 0. The number of carbonyl (C=O) groups is 2. The van der Waals surface area contributed by atoms with Crippen LogP contribution in [-0.4, -0.2) is 22.5 Å². The minimum atomic E-state index is -0.564. The van der Waals surface area contributed by atoms with Crippen LogP contribution in [0.2, 0.25) is 0 Å². The molecule has 0 aliphatic carbocycles. The molecule has 116 valence electrons. The van der Waals surface area contributed by atoms with Crippen LogP contribution in [0.25, 0.3) is 0 Å². The number of carbonyl (C=O) groups excluding carboxylic acids is 2. The standard InChI is InChI=1S/C15H22N2O4/c1-10(5-6-13(18)21-16)11-7-8-17-12(9-11)14(19)20-15(2,3)4/h7-10H,5-6,16H2,1-4H3. The molecule has 2 N–H and O–H groups in total. The van der Waals surface area contributed by atoms with Gasteiger partial charge in [-0.25, -0.2) is 9.78 Å². The van der Waals surface area contributed by atoms with Gasteiger partial charge in [-0.3, -0.25) is 4.79 Å². The van der Waals surface area contributed by atoms with Crippen LogP contribution >= 0.6 is 0 Å². The zero-order valence-corrected chi connectivity index (χ0v) is 12.9. The molecule has 1 heterocycles. The molecule has 0 radical (unpaired) electrons. The predicted octanol–water partition coefficient (Wildman–Crippen LogP) is 2.34. The summed E-state index contributed by atoms with van der Waals surface area (Å²) >= 11 is 0. The largest absolute Gasteiger partial charge is 0.455 e. The molecule has 0 bridgehead atoms. The van der Waals surface area contributed by atoms with Gasteiger partial charge in [0.25, 0.3) is 0 Å². The molecule has 0 aliphatic heterocycles. The molecular weight excluding hydrogens is 272 g/mol. The molecule has 0 spiro atoms. The van der Waals surface area contributed by atoms with Crippen molar-refractivity contribution >= 4 is 11.9 Å². The van der Waals surface area contributed by atoms with Gasteiger partial charge in [0.15, 0.2) is 0 Å². The Hall–Kier alpha value is -1.95. The van der Waals surface area contributed by atoms with Gasteiger partial charge in [-0.05, 0) is 50.8 Å². The summed E-state index contributed by atoms with van der Waals surface area (Å²) in [4.78, 5) is 31.2. The van der Waals surface area contributed by atoms with Crippen LogP contribution in [0.5, 0.6) is 0 Å². The number of pyridine rings is 1. The summed E-state index contributed by atoms with van der Waals surface area (Å²) in [6.07, 6.45) is 2.36. The highest BCUT2D eigenvalue weighted by Crippen LogP contribution is 2.21. The van der Waals surface area contributed by atoms with Crippen molar-refractivity contribution in [2.75, 3.05) is 0 Å². The molecule has 0 fully saturated rings. The van der Waals surface area contributed by atoms with E-state index < -0.39 is 17.5 Å². The first-order valence-corrected chi connectivity index (χ1v) is 6.82. The van der Waals surface area contributed by atoms with Crippen molar-refractivity contribution in [2.45, 2.75) is 52.1 Å². The summed E-state index contributed by atoms with van der Waals surface area (Å²) in [7, 11) is 0. The monoisotopic (exact) mass is 294 g/mol. The van der Waals surface area contributed by atoms with Crippen LogP contribution in [-0.2, 0) is 14.4 Å². The van der Waals surface area contributed by atoms with E-state index in [9.17, 15) is 9.59 Å². The third-order valence-electron chi connectivity index (χ3n) is 2.87. The molecular formula is C15H22N2O4. The zero-order valence-electron chi connectivity index (χ0n) is 12.9. The zero-order chi connectivity index (χ0) is 16.0. The minimum absolute atomic E-state index is 0.0771. The number of aromatic nitrogens is 1. The molecule has 6 heteroatoms. The summed E-state index contributed by atoms with van der Waals surface area (Å²) in [6, 6.07) is 3.50. The van der Waals surface area contributed by atoms with Gasteiger partial charge < -0.3 is 9.57 Å². The number of ether oxygens (including phenoxy) is 1. The van der Waals surface area contributed by atoms with Crippen molar-refractivity contribution in [3.63, 3.8) is 0 Å². The maximum absolute atomic E-state index is 12.0. The topological polar surface area (TPSA) is 91.5 Å². The van der Waals surface area contributed by atoms with Crippen molar-refractivity contribution < 1.29 is 19.2 Å². The highest BCUT2D eigenvalue weighted by molar-refractivity contribution is 5.87. The molecule has 0 amide bonds. The van der Waals surface area contributed by atoms with Gasteiger partial charge in [0.05, 0.1) is 0 Å². The quantitative estimate of drug-likeness (QED) is 0.662. The Morgan fingerprint density at radius 3 is 2.62 bits per heavy atom. The molecule has 1 atom stereocenters. The van der Waals surface area contributed by atoms with E-state index in [-0.39, 0.29) is 18.0 Å². The second-order valence-corrected chi connectivity index (χ2v) is 5.91. The third kappa shape index (κ3) is 5.91. The lowest BCUT2D eigenvalue weighted by Gasteiger charge is -2.19. The van der Waals surface area contributed by atoms with Crippen LogP contribution < -0.4 is 5.90 Å². The molecule has 1 aromatic heterocycles. The van der Waals surface area contributed by atoms with E-state index in [2.05, 4.69) is 9.82 Å². The van der Waals surface area contributed by atoms with Crippen molar-refractivity contribution in [1.29, 1.82) is 0 Å². The van der Waals surface area contributed by atoms with E-state index in [4.69, 9.17) is 10.6 Å². The maximum Gasteiger partial charge on any atom is 0.357 e. The Bertz CT molecular complexity index is 509. The molecule has 0 saturated heterocycles. The van der Waals surface area contributed by atoms with Crippen molar-refractivity contribution in [3.8, 4) is 0 Å². The van der Waals surface area contributed by atoms with Gasteiger partial charge in [0.2, 0.25) is 0 Å². The first-order valence-electron chi connectivity index (χ1n) is 6.82. The van der Waals surface area contributed by atoms with Crippen molar-refractivity contribution in [1.82, 2.24) is 4.98 Å². The van der Waals surface area contributed by atoms with Crippen LogP contribution in [0.1, 0.15) is 62.5 Å². The van der Waals surface area contributed by atoms with Gasteiger partial charge in [-0.15, -0.1) is 0 Å². The fourth-order valence-electron chi connectivity index (χ4n) is 1.76. The lowest BCUT2D eigenvalue weighted by atomic mass is 9.96. The van der Waals surface area contributed by atoms with Gasteiger partial charge in [0, 0.05) is 12.6 Å². The maximum atomic E-state index is 12.0. The van der Waals surface area contributed by atoms with E-state index >= 15 is 0 Å². The predicted molar refractivity (Wildman–Crippen MR) is 77.3 cm³/mol. The molecule has 0 saturated carbocycles. The highest BCUT2D eigenvalue weighted by Gasteiger charge is 2.20. The Labute approximate surface area is 124 Å². The third-order valence-corrected chi connectivity index (χ3v) is 2.87. The second-order valence-electron chi connectivity index (χ2n) is 5.91. The number of rotatable bonds is 5. The van der Waals surface area contributed by atoms with Gasteiger partial charge in [-0.1, -0.05) is 6.92 Å². The normalized spacial score (nSPS) is 12.6. The molecule has 1 aromatic rings. The summed E-state index contributed by atoms with van der Waals surface area (Å²) in [5.41, 5.74) is 0.608. The molecule has 21 heavy (non-hydrogen) atoms. The van der Waals surface area contributed by atoms with E-state index in [1.165, 1.54) is 0 Å². The second kappa shape index (κ2) is 7.17. The number of nitrogens with two attached hydrogens (primary N) is 1. The van der Waals surface area contributed by atoms with Crippen LogP contribution in [0.4, 0.5) is 0 Å². The number of hydrogen-bond acceptors (Lipinski definition) is 6. The van der Waals surface area contributed by atoms with Gasteiger partial charge >= 0.3 is 11.9 Å². The molecule has 6 nitrogen and oxygen atoms in total. The van der Waals surface area contributed by atoms with Gasteiger partial charge in [0.1, 0.15) is 11.3 Å². The Morgan fingerprint density at radius 1 is 1.38 bits per heavy atom. The first-order chi connectivity index (χ1) is 9.73. The van der Waals surface area contributed by atoms with Crippen molar-refractivity contribution in [2.24, 2.45) is 5.90 Å². The summed E-state index contributed by atoms with van der Waals surface area (Å²) < 4.78 is 5.28. The van der Waals surface area contributed by atoms with Crippen molar-refractivity contribution in [3.05, 3.63) is 29.6 Å². The smallest absolute Gasteiger partial charge is 0.357 e. The van der Waals surface area contributed by atoms with Gasteiger partial charge in [-0.2, -0.15) is 5.90 Å². The van der Waals surface area contributed by atoms with Crippen LogP contribution in [0.15, 0.2) is 18.3 Å². The fraction of sp³-hybridized carbons (Fsp3) is 0.533. The van der Waals surface area contributed by atoms with E-state index in [1.54, 1.807) is 33.0 Å². The average Bonchev–Trinajstić information content (AvgIpc) is 2.42. The Kier molecular flexibility index (Phi) is 5.84. The molecule has 0 aromatic carbocycles. The Morgan fingerprint density at radius 2 is 2.05 bits per heavy atom. The number of hydrogen-bond donors (Lipinski definition) is 1. The molecule has 1 unspecified atom stereocenters. The minimum Gasteiger partial charge on any atom is -0.455 e. The highest BCUT2D eigenvalue weighted by atomic mass is 16.7. The van der Waals surface area contributed by atoms with Crippen LogP contribution in [0.3, 0.4) is 0 Å². The lowest BCUT2D eigenvalue weighted by Crippen LogP contribution is -2.24. The Balaban J connectivity index is 2.75. The SMILES string of the molecule is CC(CCC(=O)ON)c1ccnc(C(=O)OC(C)(C)C)c1. The van der Waals surface area contributed by atoms with Crippen LogP contribution in [0, 0.1) is 0 Å². The first kappa shape index (κ1) is 17.1. The summed E-state index contributed by atoms with van der Waals surface area (Å²) in [5.74, 6) is 3.96. The number of esters is 1. The van der Waals surface area contributed by atoms with E-state index in [0.717, 1.165) is 5.56 Å². The molecule has 1 rings (SSSR count). The number of nitrogens with zero attached hydrogens (tertiary/aromatic N) is 1.